The molecule has 0 aliphatic heterocycles. The normalized spacial score (nSPS) is 25.6. The average molecular weight is 262 g/mol. The molecule has 102 valence electrons. The zero-order chi connectivity index (χ0) is 13.4. The van der Waals surface area contributed by atoms with Crippen molar-refractivity contribution in [2.75, 3.05) is 0 Å². The summed E-state index contributed by atoms with van der Waals surface area (Å²) >= 11 is 0. The Kier molecular flexibility index (Phi) is 3.31. The second-order valence-corrected chi connectivity index (χ2v) is 5.80. The summed E-state index contributed by atoms with van der Waals surface area (Å²) in [6, 6.07) is 6.20. The summed E-state index contributed by atoms with van der Waals surface area (Å²) in [7, 11) is 0. The molecule has 1 atom stereocenters. The Morgan fingerprint density at radius 2 is 1.95 bits per heavy atom. The van der Waals surface area contributed by atoms with Gasteiger partial charge in [0.2, 0.25) is 0 Å². The highest BCUT2D eigenvalue weighted by Gasteiger charge is 2.27. The molecule has 1 aliphatic carbocycles. The summed E-state index contributed by atoms with van der Waals surface area (Å²) in [6.07, 6.45) is 3.83. The number of hydrogen-bond acceptors (Lipinski definition) is 2. The van der Waals surface area contributed by atoms with Crippen molar-refractivity contribution in [1.29, 1.82) is 0 Å². The van der Waals surface area contributed by atoms with Gasteiger partial charge in [-0.05, 0) is 48.9 Å². The van der Waals surface area contributed by atoms with Crippen molar-refractivity contribution >= 4 is 11.0 Å². The smallest absolute Gasteiger partial charge is 0.134 e. The van der Waals surface area contributed by atoms with Crippen LogP contribution in [-0.2, 0) is 0 Å². The second-order valence-electron chi connectivity index (χ2n) is 5.80. The van der Waals surface area contributed by atoms with Crippen molar-refractivity contribution in [1.82, 2.24) is 0 Å². The first-order valence-electron chi connectivity index (χ1n) is 7.00. The molecule has 1 heterocycles. The number of fused-ring (bicyclic) bond motifs is 1. The van der Waals surface area contributed by atoms with Crippen molar-refractivity contribution < 1.29 is 13.9 Å². The lowest BCUT2D eigenvalue weighted by Gasteiger charge is -2.28. The molecule has 1 unspecified atom stereocenters. The van der Waals surface area contributed by atoms with Gasteiger partial charge in [0.05, 0.1) is 0 Å². The molecule has 0 saturated heterocycles. The fourth-order valence-corrected chi connectivity index (χ4v) is 3.01. The molecule has 1 fully saturated rings. The van der Waals surface area contributed by atoms with E-state index in [4.69, 9.17) is 4.42 Å². The molecule has 0 spiro atoms. The van der Waals surface area contributed by atoms with Crippen LogP contribution in [0, 0.1) is 17.7 Å². The molecule has 0 bridgehead atoms. The molecule has 1 aliphatic rings. The standard InChI is InChI=1S/C16H19FO2/c1-10-2-4-11(5-3-10)16(18)15-9-12-8-13(17)6-7-14(12)19-15/h6-11,16,18H,2-5H2,1H3. The maximum absolute atomic E-state index is 13.1. The van der Waals surface area contributed by atoms with Gasteiger partial charge in [0, 0.05) is 5.39 Å². The van der Waals surface area contributed by atoms with Crippen molar-refractivity contribution in [2.45, 2.75) is 38.7 Å². The van der Waals surface area contributed by atoms with Crippen LogP contribution >= 0.6 is 0 Å². The lowest BCUT2D eigenvalue weighted by Crippen LogP contribution is -2.18. The molecule has 1 N–H and O–H groups in total. The maximum atomic E-state index is 13.1. The van der Waals surface area contributed by atoms with E-state index in [9.17, 15) is 9.50 Å². The van der Waals surface area contributed by atoms with E-state index in [-0.39, 0.29) is 11.7 Å². The largest absolute Gasteiger partial charge is 0.458 e. The third kappa shape index (κ3) is 2.52. The average Bonchev–Trinajstić information content (AvgIpc) is 2.81. The van der Waals surface area contributed by atoms with Crippen LogP contribution in [0.15, 0.2) is 28.7 Å². The van der Waals surface area contributed by atoms with Crippen LogP contribution in [0.25, 0.3) is 11.0 Å². The van der Waals surface area contributed by atoms with Gasteiger partial charge in [0.25, 0.3) is 0 Å². The lowest BCUT2D eigenvalue weighted by molar-refractivity contribution is 0.0588. The van der Waals surface area contributed by atoms with Crippen molar-refractivity contribution in [2.24, 2.45) is 11.8 Å². The summed E-state index contributed by atoms with van der Waals surface area (Å²) < 4.78 is 18.8. The third-order valence-corrected chi connectivity index (χ3v) is 4.30. The van der Waals surface area contributed by atoms with E-state index in [1.54, 1.807) is 12.1 Å². The Balaban J connectivity index is 1.83. The van der Waals surface area contributed by atoms with Gasteiger partial charge in [0.1, 0.15) is 23.3 Å². The second kappa shape index (κ2) is 4.97. The monoisotopic (exact) mass is 262 g/mol. The highest BCUT2D eigenvalue weighted by Crippen LogP contribution is 2.38. The maximum Gasteiger partial charge on any atom is 0.134 e. The molecule has 1 aromatic heterocycles. The number of aliphatic hydroxyl groups excluding tert-OH is 1. The SMILES string of the molecule is CC1CCC(C(O)c2cc3cc(F)ccc3o2)CC1. The first kappa shape index (κ1) is 12.7. The first-order chi connectivity index (χ1) is 9.13. The number of aliphatic hydroxyl groups is 1. The van der Waals surface area contributed by atoms with E-state index in [0.717, 1.165) is 37.0 Å². The van der Waals surface area contributed by atoms with Crippen LogP contribution in [0.5, 0.6) is 0 Å². The van der Waals surface area contributed by atoms with E-state index in [1.165, 1.54) is 12.1 Å². The van der Waals surface area contributed by atoms with Crippen molar-refractivity contribution in [3.63, 3.8) is 0 Å². The third-order valence-electron chi connectivity index (χ3n) is 4.30. The van der Waals surface area contributed by atoms with E-state index in [2.05, 4.69) is 6.92 Å². The van der Waals surface area contributed by atoms with Gasteiger partial charge in [-0.2, -0.15) is 0 Å². The molecule has 0 radical (unpaired) electrons. The van der Waals surface area contributed by atoms with E-state index in [0.29, 0.717) is 11.3 Å². The summed E-state index contributed by atoms with van der Waals surface area (Å²) in [4.78, 5) is 0. The van der Waals surface area contributed by atoms with Crippen LogP contribution in [0.3, 0.4) is 0 Å². The molecule has 1 saturated carbocycles. The zero-order valence-corrected chi connectivity index (χ0v) is 11.1. The molecular formula is C16H19FO2. The van der Waals surface area contributed by atoms with Gasteiger partial charge in [0.15, 0.2) is 0 Å². The van der Waals surface area contributed by atoms with E-state index in [1.807, 2.05) is 0 Å². The number of furan rings is 1. The highest BCUT2D eigenvalue weighted by molar-refractivity contribution is 5.77. The number of halogens is 1. The van der Waals surface area contributed by atoms with E-state index < -0.39 is 6.10 Å². The molecule has 3 heteroatoms. The minimum absolute atomic E-state index is 0.265. The minimum atomic E-state index is -0.567. The Bertz CT molecular complexity index is 567. The Hall–Kier alpha value is -1.35. The molecule has 1 aromatic carbocycles. The van der Waals surface area contributed by atoms with Crippen LogP contribution in [0.2, 0.25) is 0 Å². The quantitative estimate of drug-likeness (QED) is 0.868. The van der Waals surface area contributed by atoms with Crippen LogP contribution in [-0.4, -0.2) is 5.11 Å². The predicted molar refractivity (Wildman–Crippen MR) is 72.3 cm³/mol. The van der Waals surface area contributed by atoms with Gasteiger partial charge in [-0.3, -0.25) is 0 Å². The number of hydrogen-bond donors (Lipinski definition) is 1. The van der Waals surface area contributed by atoms with Crippen molar-refractivity contribution in [3.8, 4) is 0 Å². The molecular weight excluding hydrogens is 243 g/mol. The van der Waals surface area contributed by atoms with Crippen LogP contribution in [0.4, 0.5) is 4.39 Å². The van der Waals surface area contributed by atoms with Gasteiger partial charge in [-0.1, -0.05) is 19.8 Å². The van der Waals surface area contributed by atoms with Crippen LogP contribution in [0.1, 0.15) is 44.5 Å². The Morgan fingerprint density at radius 3 is 2.68 bits per heavy atom. The Labute approximate surface area is 112 Å². The molecule has 3 rings (SSSR count). The van der Waals surface area contributed by atoms with Gasteiger partial charge in [-0.25, -0.2) is 4.39 Å². The van der Waals surface area contributed by atoms with Crippen molar-refractivity contribution in [3.05, 3.63) is 35.8 Å². The van der Waals surface area contributed by atoms with Crippen LogP contribution < -0.4 is 0 Å². The zero-order valence-electron chi connectivity index (χ0n) is 11.1. The summed E-state index contributed by atoms with van der Waals surface area (Å²) in [6.45, 7) is 2.26. The van der Waals surface area contributed by atoms with Gasteiger partial charge in [-0.15, -0.1) is 0 Å². The molecule has 2 nitrogen and oxygen atoms in total. The summed E-state index contributed by atoms with van der Waals surface area (Å²) in [5.74, 6) is 1.32. The van der Waals surface area contributed by atoms with E-state index >= 15 is 0 Å². The summed E-state index contributed by atoms with van der Waals surface area (Å²) in [5.41, 5.74) is 0.639. The minimum Gasteiger partial charge on any atom is -0.458 e. The first-order valence-corrected chi connectivity index (χ1v) is 7.00. The molecule has 19 heavy (non-hydrogen) atoms. The molecule has 0 amide bonds. The fraction of sp³-hybridized carbons (Fsp3) is 0.500. The summed E-state index contributed by atoms with van der Waals surface area (Å²) in [5, 5.41) is 11.1. The van der Waals surface area contributed by atoms with Gasteiger partial charge < -0.3 is 9.52 Å². The number of benzene rings is 1. The molecule has 2 aromatic rings. The predicted octanol–water partition coefficient (Wildman–Crippen LogP) is 4.43. The lowest BCUT2D eigenvalue weighted by atomic mass is 9.79. The number of rotatable bonds is 2. The highest BCUT2D eigenvalue weighted by atomic mass is 19.1. The topological polar surface area (TPSA) is 33.4 Å². The fourth-order valence-electron chi connectivity index (χ4n) is 3.01. The van der Waals surface area contributed by atoms with Gasteiger partial charge >= 0.3 is 0 Å². The Morgan fingerprint density at radius 1 is 1.21 bits per heavy atom.